The molecular weight excluding hydrogens is 340 g/mol. The molecule has 6 heteroatoms. The van der Waals surface area contributed by atoms with Crippen LogP contribution in [0.2, 0.25) is 0 Å². The standard InChI is InChI=1S/C21H32N4O2/c1-21(20(27)23-10-6-13-24-15-11-22-12-16-24)9-5-14-25(17-21)19(26)18-7-3-2-4-8-18/h2-4,7-8,22H,5-6,9-17H2,1H3,(H,23,27). The Balaban J connectivity index is 1.47. The number of hydrogen-bond donors (Lipinski definition) is 2. The second kappa shape index (κ2) is 9.33. The predicted molar refractivity (Wildman–Crippen MR) is 107 cm³/mol. The monoisotopic (exact) mass is 372 g/mol. The minimum Gasteiger partial charge on any atom is -0.356 e. The maximum atomic E-state index is 12.8. The van der Waals surface area contributed by atoms with Crippen molar-refractivity contribution < 1.29 is 9.59 Å². The number of hydrogen-bond acceptors (Lipinski definition) is 4. The van der Waals surface area contributed by atoms with Gasteiger partial charge in [0.1, 0.15) is 0 Å². The van der Waals surface area contributed by atoms with Gasteiger partial charge in [-0.2, -0.15) is 0 Å². The van der Waals surface area contributed by atoms with Crippen molar-refractivity contribution in [3.63, 3.8) is 0 Å². The van der Waals surface area contributed by atoms with E-state index in [1.165, 1.54) is 0 Å². The lowest BCUT2D eigenvalue weighted by Gasteiger charge is -2.39. The van der Waals surface area contributed by atoms with Crippen LogP contribution in [-0.2, 0) is 4.79 Å². The van der Waals surface area contributed by atoms with Gasteiger partial charge >= 0.3 is 0 Å². The van der Waals surface area contributed by atoms with Crippen molar-refractivity contribution in [3.05, 3.63) is 35.9 Å². The molecule has 0 bridgehead atoms. The average molecular weight is 373 g/mol. The lowest BCUT2D eigenvalue weighted by atomic mass is 9.80. The molecule has 27 heavy (non-hydrogen) atoms. The van der Waals surface area contributed by atoms with Crippen LogP contribution in [0.15, 0.2) is 30.3 Å². The molecule has 1 atom stereocenters. The van der Waals surface area contributed by atoms with E-state index in [9.17, 15) is 9.59 Å². The van der Waals surface area contributed by atoms with Crippen LogP contribution < -0.4 is 10.6 Å². The van der Waals surface area contributed by atoms with E-state index < -0.39 is 5.41 Å². The molecule has 2 aliphatic heterocycles. The van der Waals surface area contributed by atoms with Crippen LogP contribution in [0.3, 0.4) is 0 Å². The molecule has 1 aromatic carbocycles. The van der Waals surface area contributed by atoms with Crippen LogP contribution in [0.5, 0.6) is 0 Å². The summed E-state index contributed by atoms with van der Waals surface area (Å²) in [6, 6.07) is 9.34. The van der Waals surface area contributed by atoms with Crippen LogP contribution in [0.25, 0.3) is 0 Å². The Kier molecular flexibility index (Phi) is 6.85. The first kappa shape index (κ1) is 19.8. The largest absolute Gasteiger partial charge is 0.356 e. The van der Waals surface area contributed by atoms with Gasteiger partial charge in [-0.1, -0.05) is 18.2 Å². The Morgan fingerprint density at radius 3 is 2.63 bits per heavy atom. The minimum absolute atomic E-state index is 0.0213. The van der Waals surface area contributed by atoms with Crippen molar-refractivity contribution in [2.45, 2.75) is 26.2 Å². The van der Waals surface area contributed by atoms with Crippen molar-refractivity contribution in [1.29, 1.82) is 0 Å². The summed E-state index contributed by atoms with van der Waals surface area (Å²) < 4.78 is 0. The fourth-order valence-corrected chi connectivity index (χ4v) is 4.01. The summed E-state index contributed by atoms with van der Waals surface area (Å²) in [5.74, 6) is 0.0985. The van der Waals surface area contributed by atoms with Gasteiger partial charge < -0.3 is 20.4 Å². The van der Waals surface area contributed by atoms with E-state index in [0.29, 0.717) is 18.7 Å². The molecule has 2 aliphatic rings. The number of nitrogens with one attached hydrogen (secondary N) is 2. The highest BCUT2D eigenvalue weighted by molar-refractivity contribution is 5.95. The first-order valence-electron chi connectivity index (χ1n) is 10.1. The van der Waals surface area contributed by atoms with Crippen molar-refractivity contribution in [3.8, 4) is 0 Å². The third-order valence-corrected chi connectivity index (χ3v) is 5.70. The first-order chi connectivity index (χ1) is 13.1. The fraction of sp³-hybridized carbons (Fsp3) is 0.619. The van der Waals surface area contributed by atoms with Crippen molar-refractivity contribution in [2.75, 3.05) is 52.4 Å². The second-order valence-corrected chi connectivity index (χ2v) is 7.96. The summed E-state index contributed by atoms with van der Waals surface area (Å²) in [4.78, 5) is 29.8. The number of carbonyl (C=O) groups is 2. The highest BCUT2D eigenvalue weighted by Crippen LogP contribution is 2.30. The number of benzene rings is 1. The molecule has 2 saturated heterocycles. The molecule has 2 heterocycles. The highest BCUT2D eigenvalue weighted by Gasteiger charge is 2.39. The Labute approximate surface area is 162 Å². The molecule has 2 amide bonds. The summed E-state index contributed by atoms with van der Waals surface area (Å²) in [6.45, 7) is 9.20. The molecule has 0 aliphatic carbocycles. The summed E-state index contributed by atoms with van der Waals surface area (Å²) in [5.41, 5.74) is 0.191. The van der Waals surface area contributed by atoms with Gasteiger partial charge in [0, 0.05) is 51.4 Å². The Bertz CT molecular complexity index is 630. The topological polar surface area (TPSA) is 64.7 Å². The van der Waals surface area contributed by atoms with Gasteiger partial charge in [0.2, 0.25) is 5.91 Å². The Hall–Kier alpha value is -1.92. The van der Waals surface area contributed by atoms with E-state index in [1.807, 2.05) is 42.2 Å². The molecule has 0 spiro atoms. The summed E-state index contributed by atoms with van der Waals surface area (Å²) in [5, 5.41) is 6.47. The molecule has 6 nitrogen and oxygen atoms in total. The molecular formula is C21H32N4O2. The maximum Gasteiger partial charge on any atom is 0.253 e. The zero-order chi connectivity index (χ0) is 19.1. The normalized spacial score (nSPS) is 23.8. The van der Waals surface area contributed by atoms with Crippen LogP contribution in [0, 0.1) is 5.41 Å². The molecule has 1 unspecified atom stereocenters. The predicted octanol–water partition coefficient (Wildman–Crippen LogP) is 1.34. The van der Waals surface area contributed by atoms with Crippen molar-refractivity contribution >= 4 is 11.8 Å². The summed E-state index contributed by atoms with van der Waals surface area (Å²) in [7, 11) is 0. The first-order valence-corrected chi connectivity index (χ1v) is 10.1. The summed E-state index contributed by atoms with van der Waals surface area (Å²) >= 11 is 0. The van der Waals surface area contributed by atoms with Crippen LogP contribution in [0.1, 0.15) is 36.5 Å². The number of piperidine rings is 1. The van der Waals surface area contributed by atoms with E-state index in [0.717, 1.165) is 58.5 Å². The Morgan fingerprint density at radius 1 is 1.15 bits per heavy atom. The lowest BCUT2D eigenvalue weighted by Crippen LogP contribution is -2.52. The number of likely N-dealkylation sites (tertiary alicyclic amines) is 1. The highest BCUT2D eigenvalue weighted by atomic mass is 16.2. The number of nitrogens with zero attached hydrogens (tertiary/aromatic N) is 2. The van der Waals surface area contributed by atoms with E-state index in [2.05, 4.69) is 15.5 Å². The van der Waals surface area contributed by atoms with E-state index in [-0.39, 0.29) is 11.8 Å². The fourth-order valence-electron chi connectivity index (χ4n) is 4.01. The second-order valence-electron chi connectivity index (χ2n) is 7.96. The van der Waals surface area contributed by atoms with Crippen LogP contribution >= 0.6 is 0 Å². The van der Waals surface area contributed by atoms with E-state index in [1.54, 1.807) is 0 Å². The minimum atomic E-state index is -0.502. The van der Waals surface area contributed by atoms with Crippen molar-refractivity contribution in [1.82, 2.24) is 20.4 Å². The molecule has 2 N–H and O–H groups in total. The summed E-state index contributed by atoms with van der Waals surface area (Å²) in [6.07, 6.45) is 2.66. The zero-order valence-electron chi connectivity index (χ0n) is 16.4. The molecule has 0 saturated carbocycles. The average Bonchev–Trinajstić information content (AvgIpc) is 2.72. The van der Waals surface area contributed by atoms with Gasteiger partial charge in [-0.3, -0.25) is 9.59 Å². The number of amides is 2. The van der Waals surface area contributed by atoms with Crippen LogP contribution in [-0.4, -0.2) is 74.0 Å². The van der Waals surface area contributed by atoms with Gasteiger partial charge in [0.15, 0.2) is 0 Å². The van der Waals surface area contributed by atoms with Gasteiger partial charge in [-0.25, -0.2) is 0 Å². The van der Waals surface area contributed by atoms with Crippen LogP contribution in [0.4, 0.5) is 0 Å². The SMILES string of the molecule is CC1(C(=O)NCCCN2CCNCC2)CCCN(C(=O)c2ccccc2)C1. The number of piperazine rings is 1. The van der Waals surface area contributed by atoms with E-state index in [4.69, 9.17) is 0 Å². The Morgan fingerprint density at radius 2 is 1.89 bits per heavy atom. The zero-order valence-corrected chi connectivity index (χ0v) is 16.4. The third kappa shape index (κ3) is 5.30. The van der Waals surface area contributed by atoms with Gasteiger partial charge in [0.25, 0.3) is 5.91 Å². The smallest absolute Gasteiger partial charge is 0.253 e. The number of carbonyl (C=O) groups excluding carboxylic acids is 2. The third-order valence-electron chi connectivity index (χ3n) is 5.70. The lowest BCUT2D eigenvalue weighted by molar-refractivity contribution is -0.132. The van der Waals surface area contributed by atoms with Gasteiger partial charge in [-0.05, 0) is 44.9 Å². The van der Waals surface area contributed by atoms with Crippen molar-refractivity contribution in [2.24, 2.45) is 5.41 Å². The van der Waals surface area contributed by atoms with E-state index >= 15 is 0 Å². The quantitative estimate of drug-likeness (QED) is 0.740. The molecule has 3 rings (SSSR count). The number of rotatable bonds is 6. The molecule has 1 aromatic rings. The van der Waals surface area contributed by atoms with Gasteiger partial charge in [0.05, 0.1) is 5.41 Å². The van der Waals surface area contributed by atoms with Gasteiger partial charge in [-0.15, -0.1) is 0 Å². The molecule has 148 valence electrons. The molecule has 2 fully saturated rings. The molecule has 0 radical (unpaired) electrons. The molecule has 0 aromatic heterocycles. The maximum absolute atomic E-state index is 12.8.